The molecule has 3 aromatic rings. The third kappa shape index (κ3) is 3.98. The minimum atomic E-state index is -0.365. The standard InChI is InChI=1S/C17H18FN5O2S/c1-3-13(17(24)25-4-2)26-16-14-15(19-10-20-16)23(22-21-14)9-11-5-7-12(18)8-6-11/h5-8,10,13H,3-4,9H2,1-2H3/t13-/m0/s1. The van der Waals surface area contributed by atoms with E-state index in [1.165, 1.54) is 30.2 Å². The fourth-order valence-electron chi connectivity index (χ4n) is 2.39. The van der Waals surface area contributed by atoms with Crippen molar-refractivity contribution in [1.82, 2.24) is 25.0 Å². The highest BCUT2D eigenvalue weighted by Gasteiger charge is 2.22. The summed E-state index contributed by atoms with van der Waals surface area (Å²) in [6.07, 6.45) is 2.03. The first-order valence-electron chi connectivity index (χ1n) is 8.24. The van der Waals surface area contributed by atoms with Crippen LogP contribution in [0.25, 0.3) is 11.2 Å². The molecule has 0 amide bonds. The van der Waals surface area contributed by atoms with Crippen molar-refractivity contribution in [2.45, 2.75) is 37.1 Å². The molecule has 26 heavy (non-hydrogen) atoms. The van der Waals surface area contributed by atoms with E-state index in [9.17, 15) is 9.18 Å². The van der Waals surface area contributed by atoms with Crippen molar-refractivity contribution in [3.8, 4) is 0 Å². The summed E-state index contributed by atoms with van der Waals surface area (Å²) in [7, 11) is 0. The lowest BCUT2D eigenvalue weighted by Crippen LogP contribution is -2.19. The van der Waals surface area contributed by atoms with Crippen LogP contribution in [0.3, 0.4) is 0 Å². The molecule has 0 aliphatic heterocycles. The van der Waals surface area contributed by atoms with Crippen molar-refractivity contribution in [3.63, 3.8) is 0 Å². The Morgan fingerprint density at radius 1 is 1.27 bits per heavy atom. The maximum atomic E-state index is 13.1. The van der Waals surface area contributed by atoms with Gasteiger partial charge < -0.3 is 4.74 Å². The lowest BCUT2D eigenvalue weighted by Gasteiger charge is -2.12. The second-order valence-corrected chi connectivity index (χ2v) is 6.68. The smallest absolute Gasteiger partial charge is 0.319 e. The lowest BCUT2D eigenvalue weighted by atomic mass is 10.2. The Hall–Kier alpha value is -2.55. The molecule has 2 heterocycles. The van der Waals surface area contributed by atoms with Gasteiger partial charge in [0.1, 0.15) is 22.4 Å². The van der Waals surface area contributed by atoms with Gasteiger partial charge in [-0.2, -0.15) is 0 Å². The number of benzene rings is 1. The molecule has 2 aromatic heterocycles. The largest absolute Gasteiger partial charge is 0.465 e. The minimum Gasteiger partial charge on any atom is -0.465 e. The summed E-state index contributed by atoms with van der Waals surface area (Å²) >= 11 is 1.30. The van der Waals surface area contributed by atoms with Gasteiger partial charge in [-0.3, -0.25) is 4.79 Å². The predicted molar refractivity (Wildman–Crippen MR) is 95.2 cm³/mol. The summed E-state index contributed by atoms with van der Waals surface area (Å²) in [6.45, 7) is 4.44. The van der Waals surface area contributed by atoms with Gasteiger partial charge in [0.2, 0.25) is 0 Å². The van der Waals surface area contributed by atoms with Gasteiger partial charge in [0.15, 0.2) is 11.2 Å². The number of halogens is 1. The monoisotopic (exact) mass is 375 g/mol. The molecule has 7 nitrogen and oxygen atoms in total. The first-order valence-corrected chi connectivity index (χ1v) is 9.12. The molecule has 0 radical (unpaired) electrons. The normalized spacial score (nSPS) is 12.3. The number of aromatic nitrogens is 5. The van der Waals surface area contributed by atoms with Crippen LogP contribution in [0.1, 0.15) is 25.8 Å². The van der Waals surface area contributed by atoms with Gasteiger partial charge in [-0.25, -0.2) is 19.0 Å². The van der Waals surface area contributed by atoms with E-state index < -0.39 is 0 Å². The Kier molecular flexibility index (Phi) is 5.77. The number of carbonyl (C=O) groups is 1. The molecule has 0 fully saturated rings. The third-order valence-corrected chi connectivity index (χ3v) is 5.02. The molecule has 0 N–H and O–H groups in total. The summed E-state index contributed by atoms with van der Waals surface area (Å²) in [5.41, 5.74) is 1.97. The number of thioether (sulfide) groups is 1. The Morgan fingerprint density at radius 3 is 2.73 bits per heavy atom. The van der Waals surface area contributed by atoms with Crippen molar-refractivity contribution in [2.75, 3.05) is 6.61 Å². The maximum absolute atomic E-state index is 13.1. The van der Waals surface area contributed by atoms with E-state index in [2.05, 4.69) is 20.3 Å². The number of hydrogen-bond acceptors (Lipinski definition) is 7. The lowest BCUT2D eigenvalue weighted by molar-refractivity contribution is -0.142. The van der Waals surface area contributed by atoms with Gasteiger partial charge in [-0.1, -0.05) is 36.0 Å². The molecule has 0 spiro atoms. The van der Waals surface area contributed by atoms with Crippen LogP contribution in [0.5, 0.6) is 0 Å². The summed E-state index contributed by atoms with van der Waals surface area (Å²) in [4.78, 5) is 20.5. The molecule has 3 rings (SSSR count). The molecule has 136 valence electrons. The average Bonchev–Trinajstić information content (AvgIpc) is 3.05. The van der Waals surface area contributed by atoms with Crippen molar-refractivity contribution in [1.29, 1.82) is 0 Å². The quantitative estimate of drug-likeness (QED) is 0.357. The first-order chi connectivity index (χ1) is 12.6. The highest BCUT2D eigenvalue weighted by Crippen LogP contribution is 2.29. The molecule has 0 bridgehead atoms. The first kappa shape index (κ1) is 18.2. The number of hydrogen-bond donors (Lipinski definition) is 0. The molecule has 0 aliphatic rings. The zero-order valence-corrected chi connectivity index (χ0v) is 15.2. The molecular weight excluding hydrogens is 357 g/mol. The zero-order valence-electron chi connectivity index (χ0n) is 14.4. The number of carbonyl (C=O) groups excluding carboxylic acids is 1. The summed E-state index contributed by atoms with van der Waals surface area (Å²) in [6, 6.07) is 6.17. The summed E-state index contributed by atoms with van der Waals surface area (Å²) in [5, 5.41) is 8.51. The van der Waals surface area contributed by atoms with E-state index in [1.807, 2.05) is 6.92 Å². The van der Waals surface area contributed by atoms with Crippen LogP contribution in [-0.2, 0) is 16.1 Å². The molecule has 1 aromatic carbocycles. The molecule has 1 atom stereocenters. The Morgan fingerprint density at radius 2 is 2.04 bits per heavy atom. The number of nitrogens with zero attached hydrogens (tertiary/aromatic N) is 5. The number of rotatable bonds is 7. The van der Waals surface area contributed by atoms with Gasteiger partial charge in [0.05, 0.1) is 13.2 Å². The van der Waals surface area contributed by atoms with Gasteiger partial charge in [-0.05, 0) is 31.0 Å². The minimum absolute atomic E-state index is 0.273. The fourth-order valence-corrected chi connectivity index (χ4v) is 3.35. The van der Waals surface area contributed by atoms with E-state index in [0.717, 1.165) is 5.56 Å². The highest BCUT2D eigenvalue weighted by atomic mass is 32.2. The molecule has 0 aliphatic carbocycles. The predicted octanol–water partition coefficient (Wildman–Crippen LogP) is 2.84. The fraction of sp³-hybridized carbons (Fsp3) is 0.353. The van der Waals surface area contributed by atoms with E-state index in [0.29, 0.717) is 35.8 Å². The highest BCUT2D eigenvalue weighted by molar-refractivity contribution is 8.00. The van der Waals surface area contributed by atoms with Crippen LogP contribution in [0.15, 0.2) is 35.6 Å². The second-order valence-electron chi connectivity index (χ2n) is 5.49. The van der Waals surface area contributed by atoms with Gasteiger partial charge >= 0.3 is 5.97 Å². The van der Waals surface area contributed by atoms with E-state index in [1.54, 1.807) is 23.7 Å². The molecule has 9 heteroatoms. The van der Waals surface area contributed by atoms with Gasteiger partial charge in [-0.15, -0.1) is 5.10 Å². The third-order valence-electron chi connectivity index (χ3n) is 3.69. The van der Waals surface area contributed by atoms with Crippen LogP contribution in [0, 0.1) is 5.82 Å². The van der Waals surface area contributed by atoms with Crippen molar-refractivity contribution >= 4 is 28.9 Å². The molecule has 0 saturated heterocycles. The van der Waals surface area contributed by atoms with Crippen molar-refractivity contribution in [2.24, 2.45) is 0 Å². The Labute approximate surface area is 154 Å². The second kappa shape index (κ2) is 8.22. The number of fused-ring (bicyclic) bond motifs is 1. The van der Waals surface area contributed by atoms with Crippen LogP contribution >= 0.6 is 11.8 Å². The summed E-state index contributed by atoms with van der Waals surface area (Å²) < 4.78 is 19.8. The number of ether oxygens (including phenoxy) is 1. The average molecular weight is 375 g/mol. The van der Waals surface area contributed by atoms with Gasteiger partial charge in [0.25, 0.3) is 0 Å². The molecule has 0 unspecified atom stereocenters. The number of esters is 1. The molecule has 0 saturated carbocycles. The SMILES string of the molecule is CCOC(=O)[C@H](CC)Sc1ncnc2c1nnn2Cc1ccc(F)cc1. The van der Waals surface area contributed by atoms with Crippen molar-refractivity contribution < 1.29 is 13.9 Å². The van der Waals surface area contributed by atoms with Gasteiger partial charge in [0, 0.05) is 0 Å². The van der Waals surface area contributed by atoms with E-state index in [-0.39, 0.29) is 17.0 Å². The van der Waals surface area contributed by atoms with E-state index >= 15 is 0 Å². The summed E-state index contributed by atoms with van der Waals surface area (Å²) in [5.74, 6) is -0.562. The topological polar surface area (TPSA) is 82.8 Å². The van der Waals surface area contributed by atoms with Crippen LogP contribution in [-0.4, -0.2) is 42.8 Å². The van der Waals surface area contributed by atoms with Crippen LogP contribution in [0.2, 0.25) is 0 Å². The van der Waals surface area contributed by atoms with E-state index in [4.69, 9.17) is 4.74 Å². The van der Waals surface area contributed by atoms with Crippen LogP contribution < -0.4 is 0 Å². The van der Waals surface area contributed by atoms with Crippen LogP contribution in [0.4, 0.5) is 4.39 Å². The maximum Gasteiger partial charge on any atom is 0.319 e. The Balaban J connectivity index is 1.86. The molecular formula is C17H18FN5O2S. The van der Waals surface area contributed by atoms with Crippen molar-refractivity contribution in [3.05, 3.63) is 42.0 Å². The zero-order chi connectivity index (χ0) is 18.5. The Bertz CT molecular complexity index is 900.